The molecule has 118 valence electrons. The molecule has 1 unspecified atom stereocenters. The molecule has 0 amide bonds. The number of sulfonamides is 1. The summed E-state index contributed by atoms with van der Waals surface area (Å²) in [6.07, 6.45) is 0.902. The number of nitrogens with one attached hydrogen (secondary N) is 1. The van der Waals surface area contributed by atoms with Crippen molar-refractivity contribution in [3.05, 3.63) is 28.5 Å². The number of benzene rings is 1. The van der Waals surface area contributed by atoms with Crippen molar-refractivity contribution >= 4 is 21.6 Å². The molecule has 1 aliphatic rings. The van der Waals surface area contributed by atoms with E-state index in [1.807, 2.05) is 7.05 Å². The van der Waals surface area contributed by atoms with Gasteiger partial charge in [-0.05, 0) is 38.1 Å². The molecule has 0 aromatic heterocycles. The lowest BCUT2D eigenvalue weighted by molar-refractivity contribution is 0.274. The van der Waals surface area contributed by atoms with Crippen LogP contribution in [0.3, 0.4) is 0 Å². The maximum absolute atomic E-state index is 14.1. The minimum atomic E-state index is -3.99. The Morgan fingerprint density at radius 1 is 1.52 bits per heavy atom. The summed E-state index contributed by atoms with van der Waals surface area (Å²) in [7, 11) is -2.02. The molecule has 1 atom stereocenters. The number of rotatable bonds is 5. The Morgan fingerprint density at radius 3 is 2.81 bits per heavy atom. The van der Waals surface area contributed by atoms with Crippen molar-refractivity contribution in [3.8, 4) is 0 Å². The van der Waals surface area contributed by atoms with E-state index in [2.05, 4.69) is 9.62 Å². The van der Waals surface area contributed by atoms with Crippen molar-refractivity contribution in [2.24, 2.45) is 5.92 Å². The summed E-state index contributed by atoms with van der Waals surface area (Å²) in [6, 6.07) is 2.26. The van der Waals surface area contributed by atoms with Gasteiger partial charge in [0, 0.05) is 23.7 Å². The summed E-state index contributed by atoms with van der Waals surface area (Å²) in [5, 5.41) is 9.12. The Labute approximate surface area is 128 Å². The van der Waals surface area contributed by atoms with Gasteiger partial charge in [-0.25, -0.2) is 17.5 Å². The van der Waals surface area contributed by atoms with Crippen LogP contribution in [0.4, 0.5) is 4.39 Å². The van der Waals surface area contributed by atoms with Crippen LogP contribution in [0.1, 0.15) is 12.0 Å². The molecular formula is C13H18ClFN2O3S. The summed E-state index contributed by atoms with van der Waals surface area (Å²) >= 11 is 5.78. The lowest BCUT2D eigenvalue weighted by Crippen LogP contribution is -2.31. The van der Waals surface area contributed by atoms with E-state index in [9.17, 15) is 12.8 Å². The van der Waals surface area contributed by atoms with E-state index in [4.69, 9.17) is 16.7 Å². The third-order valence-electron chi connectivity index (χ3n) is 3.59. The molecule has 0 radical (unpaired) electrons. The van der Waals surface area contributed by atoms with Gasteiger partial charge < -0.3 is 10.0 Å². The number of halogens is 2. The third-order valence-corrected chi connectivity index (χ3v) is 5.23. The average Bonchev–Trinajstić information content (AvgIpc) is 2.84. The van der Waals surface area contributed by atoms with Crippen molar-refractivity contribution in [1.29, 1.82) is 0 Å². The van der Waals surface area contributed by atoms with Crippen LogP contribution < -0.4 is 4.72 Å². The first kappa shape index (κ1) is 16.6. The number of likely N-dealkylation sites (tertiary alicyclic amines) is 1. The lowest BCUT2D eigenvalue weighted by atomic mass is 10.1. The molecule has 8 heteroatoms. The first-order valence-electron chi connectivity index (χ1n) is 6.60. The molecule has 2 rings (SSSR count). The van der Waals surface area contributed by atoms with Gasteiger partial charge in [-0.2, -0.15) is 0 Å². The van der Waals surface area contributed by atoms with Crippen LogP contribution in [-0.2, 0) is 16.6 Å². The van der Waals surface area contributed by atoms with Crippen molar-refractivity contribution in [2.75, 3.05) is 26.7 Å². The van der Waals surface area contributed by atoms with Gasteiger partial charge in [0.05, 0.1) is 6.61 Å². The van der Waals surface area contributed by atoms with Gasteiger partial charge in [0.25, 0.3) is 0 Å². The molecule has 1 heterocycles. The Balaban J connectivity index is 2.17. The predicted octanol–water partition coefficient (Wildman–Crippen LogP) is 1.20. The van der Waals surface area contributed by atoms with Gasteiger partial charge in [-0.1, -0.05) is 11.6 Å². The second kappa shape index (κ2) is 6.58. The van der Waals surface area contributed by atoms with Crippen LogP contribution in [0.2, 0.25) is 5.02 Å². The van der Waals surface area contributed by atoms with E-state index >= 15 is 0 Å². The monoisotopic (exact) mass is 336 g/mol. The Morgan fingerprint density at radius 2 is 2.24 bits per heavy atom. The van der Waals surface area contributed by atoms with E-state index in [-0.39, 0.29) is 23.0 Å². The zero-order valence-corrected chi connectivity index (χ0v) is 13.2. The molecule has 1 aromatic carbocycles. The van der Waals surface area contributed by atoms with Crippen molar-refractivity contribution < 1.29 is 17.9 Å². The summed E-state index contributed by atoms with van der Waals surface area (Å²) in [4.78, 5) is 1.59. The summed E-state index contributed by atoms with van der Waals surface area (Å²) in [5.41, 5.74) is -0.136. The van der Waals surface area contributed by atoms with Crippen molar-refractivity contribution in [1.82, 2.24) is 9.62 Å². The zero-order chi connectivity index (χ0) is 15.6. The van der Waals surface area contributed by atoms with Crippen molar-refractivity contribution in [2.45, 2.75) is 17.9 Å². The minimum Gasteiger partial charge on any atom is -0.392 e. The molecule has 1 aliphatic heterocycles. The van der Waals surface area contributed by atoms with Crippen LogP contribution in [0.5, 0.6) is 0 Å². The number of nitrogens with zero attached hydrogens (tertiary/aromatic N) is 1. The van der Waals surface area contributed by atoms with Crippen LogP contribution in [0, 0.1) is 11.7 Å². The lowest BCUT2D eigenvalue weighted by Gasteiger charge is -2.13. The first-order valence-corrected chi connectivity index (χ1v) is 8.46. The number of hydrogen-bond donors (Lipinski definition) is 2. The smallest absolute Gasteiger partial charge is 0.243 e. The maximum atomic E-state index is 14.1. The molecule has 1 fully saturated rings. The van der Waals surface area contributed by atoms with E-state index in [0.29, 0.717) is 0 Å². The molecule has 0 bridgehead atoms. The SMILES string of the molecule is CN1CCC(CNS(=O)(=O)c2cc(Cl)cc(CO)c2F)C1. The van der Waals surface area contributed by atoms with Crippen molar-refractivity contribution in [3.63, 3.8) is 0 Å². The van der Waals surface area contributed by atoms with E-state index in [1.165, 1.54) is 6.07 Å². The van der Waals surface area contributed by atoms with E-state index in [1.54, 1.807) is 0 Å². The highest BCUT2D eigenvalue weighted by molar-refractivity contribution is 7.89. The number of hydrogen-bond acceptors (Lipinski definition) is 4. The Kier molecular flexibility index (Phi) is 5.21. The van der Waals surface area contributed by atoms with Crippen LogP contribution >= 0.6 is 11.6 Å². The van der Waals surface area contributed by atoms with E-state index < -0.39 is 27.3 Å². The highest BCUT2D eigenvalue weighted by atomic mass is 35.5. The highest BCUT2D eigenvalue weighted by Gasteiger charge is 2.25. The standard InChI is InChI=1S/C13H18ClFN2O3S/c1-17-3-2-9(7-17)6-16-21(19,20)12-5-11(14)4-10(8-18)13(12)15/h4-5,9,16,18H,2-3,6-8H2,1H3. The molecule has 0 saturated carbocycles. The normalized spacial score (nSPS) is 20.1. The fraction of sp³-hybridized carbons (Fsp3) is 0.538. The number of aliphatic hydroxyl groups is 1. The largest absolute Gasteiger partial charge is 0.392 e. The maximum Gasteiger partial charge on any atom is 0.243 e. The van der Waals surface area contributed by atoms with Gasteiger partial charge in [0.1, 0.15) is 10.7 Å². The third kappa shape index (κ3) is 3.92. The number of aliphatic hydroxyl groups excluding tert-OH is 1. The minimum absolute atomic E-state index is 0.0708. The highest BCUT2D eigenvalue weighted by Crippen LogP contribution is 2.24. The molecule has 21 heavy (non-hydrogen) atoms. The second-order valence-electron chi connectivity index (χ2n) is 5.30. The van der Waals surface area contributed by atoms with Crippen LogP contribution in [0.25, 0.3) is 0 Å². The van der Waals surface area contributed by atoms with Gasteiger partial charge >= 0.3 is 0 Å². The Hall–Kier alpha value is -0.730. The molecular weight excluding hydrogens is 319 g/mol. The fourth-order valence-corrected chi connectivity index (χ4v) is 3.99. The second-order valence-corrected chi connectivity index (χ2v) is 7.48. The summed E-state index contributed by atoms with van der Waals surface area (Å²) in [5.74, 6) is -0.748. The van der Waals surface area contributed by atoms with Gasteiger partial charge in [0.2, 0.25) is 10.0 Å². The summed E-state index contributed by atoms with van der Waals surface area (Å²) < 4.78 is 40.9. The van der Waals surface area contributed by atoms with E-state index in [0.717, 1.165) is 25.6 Å². The molecule has 0 aliphatic carbocycles. The molecule has 2 N–H and O–H groups in total. The topological polar surface area (TPSA) is 69.6 Å². The zero-order valence-electron chi connectivity index (χ0n) is 11.6. The van der Waals surface area contributed by atoms with Gasteiger partial charge in [-0.3, -0.25) is 0 Å². The average molecular weight is 337 g/mol. The predicted molar refractivity (Wildman–Crippen MR) is 78.1 cm³/mol. The summed E-state index contributed by atoms with van der Waals surface area (Å²) in [6.45, 7) is 1.38. The quantitative estimate of drug-likeness (QED) is 0.847. The molecule has 1 aromatic rings. The first-order chi connectivity index (χ1) is 9.83. The fourth-order valence-electron chi connectivity index (χ4n) is 2.43. The van der Waals surface area contributed by atoms with Gasteiger partial charge in [-0.15, -0.1) is 0 Å². The van der Waals surface area contributed by atoms with Crippen LogP contribution in [0.15, 0.2) is 17.0 Å². The van der Waals surface area contributed by atoms with Crippen LogP contribution in [-0.4, -0.2) is 45.1 Å². The molecule has 0 spiro atoms. The van der Waals surface area contributed by atoms with Gasteiger partial charge in [0.15, 0.2) is 0 Å². The Bertz CT molecular complexity index is 624. The molecule has 5 nitrogen and oxygen atoms in total. The molecule has 1 saturated heterocycles.